The molecule has 0 amide bonds. The van der Waals surface area contributed by atoms with Gasteiger partial charge in [0.1, 0.15) is 0 Å². The highest BCUT2D eigenvalue weighted by Crippen LogP contribution is 2.37. The molecule has 3 rings (SSSR count). The predicted molar refractivity (Wildman–Crippen MR) is 75.6 cm³/mol. The fourth-order valence-corrected chi connectivity index (χ4v) is 3.54. The second-order valence-electron chi connectivity index (χ2n) is 6.01. The molecule has 1 aromatic rings. The van der Waals surface area contributed by atoms with E-state index in [2.05, 4.69) is 29.6 Å². The number of hydrogen-bond donors (Lipinski definition) is 2. The largest absolute Gasteiger partial charge is 0.321 e. The molecule has 0 aromatic heterocycles. The first kappa shape index (κ1) is 12.2. The third-order valence-corrected chi connectivity index (χ3v) is 4.79. The van der Waals surface area contributed by atoms with E-state index in [9.17, 15) is 0 Å². The van der Waals surface area contributed by atoms with Crippen molar-refractivity contribution in [2.75, 3.05) is 13.1 Å². The summed E-state index contributed by atoms with van der Waals surface area (Å²) in [5, 5.41) is 3.43. The van der Waals surface area contributed by atoms with E-state index in [1.807, 2.05) is 0 Å². The van der Waals surface area contributed by atoms with Crippen LogP contribution in [0.5, 0.6) is 0 Å². The third-order valence-electron chi connectivity index (χ3n) is 4.79. The molecule has 0 unspecified atom stereocenters. The SMILES string of the molecule is NC1(c2ccc(C3CCNCC3)cc2)CCCC1. The van der Waals surface area contributed by atoms with E-state index in [1.165, 1.54) is 36.8 Å². The molecule has 1 aliphatic heterocycles. The molecule has 0 atom stereocenters. The molecule has 2 aliphatic rings. The van der Waals surface area contributed by atoms with Crippen molar-refractivity contribution >= 4 is 0 Å². The summed E-state index contributed by atoms with van der Waals surface area (Å²) in [5.74, 6) is 0.748. The van der Waals surface area contributed by atoms with Gasteiger partial charge in [-0.25, -0.2) is 0 Å². The van der Waals surface area contributed by atoms with Crippen LogP contribution in [0, 0.1) is 0 Å². The van der Waals surface area contributed by atoms with Gasteiger partial charge in [0.25, 0.3) is 0 Å². The zero-order valence-corrected chi connectivity index (χ0v) is 11.1. The summed E-state index contributed by atoms with van der Waals surface area (Å²) in [6, 6.07) is 9.20. The molecule has 1 aliphatic carbocycles. The van der Waals surface area contributed by atoms with Crippen molar-refractivity contribution < 1.29 is 0 Å². The summed E-state index contributed by atoms with van der Waals surface area (Å²) in [4.78, 5) is 0. The molecular weight excluding hydrogens is 220 g/mol. The van der Waals surface area contributed by atoms with Gasteiger partial charge in [0, 0.05) is 5.54 Å². The average Bonchev–Trinajstić information content (AvgIpc) is 2.88. The van der Waals surface area contributed by atoms with Gasteiger partial charge < -0.3 is 11.1 Å². The topological polar surface area (TPSA) is 38.0 Å². The fraction of sp³-hybridized carbons (Fsp3) is 0.625. The normalized spacial score (nSPS) is 24.3. The van der Waals surface area contributed by atoms with E-state index < -0.39 is 0 Å². The Morgan fingerprint density at radius 3 is 2.22 bits per heavy atom. The summed E-state index contributed by atoms with van der Waals surface area (Å²) >= 11 is 0. The highest BCUT2D eigenvalue weighted by molar-refractivity contribution is 5.31. The zero-order chi connectivity index (χ0) is 12.4. The van der Waals surface area contributed by atoms with Crippen LogP contribution in [0.1, 0.15) is 55.6 Å². The Bertz CT molecular complexity index is 384. The monoisotopic (exact) mass is 244 g/mol. The van der Waals surface area contributed by atoms with Crippen LogP contribution >= 0.6 is 0 Å². The molecule has 1 aromatic carbocycles. The van der Waals surface area contributed by atoms with E-state index >= 15 is 0 Å². The Kier molecular flexibility index (Phi) is 3.40. The van der Waals surface area contributed by atoms with Crippen molar-refractivity contribution in [1.82, 2.24) is 5.32 Å². The van der Waals surface area contributed by atoms with Crippen LogP contribution in [-0.2, 0) is 5.54 Å². The van der Waals surface area contributed by atoms with Gasteiger partial charge in [-0.3, -0.25) is 0 Å². The maximum atomic E-state index is 6.50. The molecule has 1 saturated heterocycles. The van der Waals surface area contributed by atoms with Gasteiger partial charge >= 0.3 is 0 Å². The average molecular weight is 244 g/mol. The van der Waals surface area contributed by atoms with Crippen LogP contribution in [-0.4, -0.2) is 13.1 Å². The second kappa shape index (κ2) is 5.02. The van der Waals surface area contributed by atoms with Gasteiger partial charge in [0.2, 0.25) is 0 Å². The highest BCUT2D eigenvalue weighted by Gasteiger charge is 2.31. The van der Waals surface area contributed by atoms with Crippen LogP contribution in [0.3, 0.4) is 0 Å². The lowest BCUT2D eigenvalue weighted by Crippen LogP contribution is -2.33. The second-order valence-corrected chi connectivity index (χ2v) is 6.01. The summed E-state index contributed by atoms with van der Waals surface area (Å²) in [6.07, 6.45) is 7.42. The molecule has 18 heavy (non-hydrogen) atoms. The zero-order valence-electron chi connectivity index (χ0n) is 11.1. The van der Waals surface area contributed by atoms with Crippen molar-refractivity contribution in [3.05, 3.63) is 35.4 Å². The van der Waals surface area contributed by atoms with E-state index in [-0.39, 0.29) is 5.54 Å². The highest BCUT2D eigenvalue weighted by atomic mass is 14.9. The van der Waals surface area contributed by atoms with Gasteiger partial charge in [0.05, 0.1) is 0 Å². The molecule has 98 valence electrons. The van der Waals surface area contributed by atoms with E-state index in [0.717, 1.165) is 31.8 Å². The minimum Gasteiger partial charge on any atom is -0.321 e. The van der Waals surface area contributed by atoms with Gasteiger partial charge in [-0.2, -0.15) is 0 Å². The molecule has 0 radical (unpaired) electrons. The summed E-state index contributed by atoms with van der Waals surface area (Å²) < 4.78 is 0. The minimum absolute atomic E-state index is 0.0351. The number of nitrogens with one attached hydrogen (secondary N) is 1. The van der Waals surface area contributed by atoms with E-state index in [1.54, 1.807) is 0 Å². The molecule has 0 bridgehead atoms. The van der Waals surface area contributed by atoms with Crippen LogP contribution in [0.4, 0.5) is 0 Å². The Balaban J connectivity index is 1.76. The van der Waals surface area contributed by atoms with Crippen molar-refractivity contribution in [3.8, 4) is 0 Å². The lowest BCUT2D eigenvalue weighted by molar-refractivity contribution is 0.454. The first-order valence-electron chi connectivity index (χ1n) is 7.38. The maximum Gasteiger partial charge on any atom is 0.0409 e. The number of nitrogens with two attached hydrogens (primary N) is 1. The van der Waals surface area contributed by atoms with Crippen LogP contribution in [0.25, 0.3) is 0 Å². The van der Waals surface area contributed by atoms with Crippen molar-refractivity contribution in [2.24, 2.45) is 5.73 Å². The first-order chi connectivity index (χ1) is 8.78. The van der Waals surface area contributed by atoms with Gasteiger partial charge in [-0.1, -0.05) is 37.1 Å². The lowest BCUT2D eigenvalue weighted by Gasteiger charge is -2.26. The fourth-order valence-electron chi connectivity index (χ4n) is 3.54. The van der Waals surface area contributed by atoms with Gasteiger partial charge in [-0.15, -0.1) is 0 Å². The standard InChI is InChI=1S/C16H24N2/c17-16(9-1-2-10-16)15-5-3-13(4-6-15)14-7-11-18-12-8-14/h3-6,14,18H,1-2,7-12,17H2. The van der Waals surface area contributed by atoms with E-state index in [0.29, 0.717) is 0 Å². The van der Waals surface area contributed by atoms with Crippen molar-refractivity contribution in [3.63, 3.8) is 0 Å². The lowest BCUT2D eigenvalue weighted by atomic mass is 9.85. The summed E-state index contributed by atoms with van der Waals surface area (Å²) in [6.45, 7) is 2.32. The molecule has 3 N–H and O–H groups in total. The quantitative estimate of drug-likeness (QED) is 0.839. The smallest absolute Gasteiger partial charge is 0.0409 e. The Labute approximate surface area is 110 Å². The maximum absolute atomic E-state index is 6.50. The molecule has 0 spiro atoms. The van der Waals surface area contributed by atoms with Crippen LogP contribution < -0.4 is 11.1 Å². The number of hydrogen-bond acceptors (Lipinski definition) is 2. The molecule has 1 saturated carbocycles. The first-order valence-corrected chi connectivity index (χ1v) is 7.38. The Morgan fingerprint density at radius 1 is 1.00 bits per heavy atom. The Morgan fingerprint density at radius 2 is 1.61 bits per heavy atom. The van der Waals surface area contributed by atoms with Crippen molar-refractivity contribution in [2.45, 2.75) is 50.0 Å². The number of benzene rings is 1. The molecule has 2 nitrogen and oxygen atoms in total. The summed E-state index contributed by atoms with van der Waals surface area (Å²) in [5.41, 5.74) is 9.31. The van der Waals surface area contributed by atoms with Crippen molar-refractivity contribution in [1.29, 1.82) is 0 Å². The molecule has 2 heteroatoms. The number of rotatable bonds is 2. The van der Waals surface area contributed by atoms with Crippen LogP contribution in [0.15, 0.2) is 24.3 Å². The molecular formula is C16H24N2. The Hall–Kier alpha value is -0.860. The predicted octanol–water partition coefficient (Wildman–Crippen LogP) is 2.88. The van der Waals surface area contributed by atoms with Gasteiger partial charge in [0.15, 0.2) is 0 Å². The summed E-state index contributed by atoms with van der Waals surface area (Å²) in [7, 11) is 0. The number of piperidine rings is 1. The molecule has 1 heterocycles. The molecule has 2 fully saturated rings. The van der Waals surface area contributed by atoms with Gasteiger partial charge in [-0.05, 0) is 55.8 Å². The third kappa shape index (κ3) is 2.32. The minimum atomic E-state index is -0.0351. The van der Waals surface area contributed by atoms with Crippen LogP contribution in [0.2, 0.25) is 0 Å². The van der Waals surface area contributed by atoms with E-state index in [4.69, 9.17) is 5.73 Å².